The molecule has 0 aliphatic heterocycles. The van der Waals surface area contributed by atoms with Crippen LogP contribution in [-0.2, 0) is 11.3 Å². The molecule has 1 aliphatic rings. The summed E-state index contributed by atoms with van der Waals surface area (Å²) >= 11 is 0. The zero-order valence-corrected chi connectivity index (χ0v) is 14.8. The number of aromatic nitrogens is 2. The Morgan fingerprint density at radius 3 is 2.68 bits per heavy atom. The second kappa shape index (κ2) is 7.64. The van der Waals surface area contributed by atoms with E-state index in [1.807, 2.05) is 30.3 Å². The standard InChI is InChI=1S/C20H25N3O2/c1-14-7-6-10-17(15(14)2)21-19(24)13-23-20(25)12-11-18(22-23)16-8-4-3-5-9-16/h3-5,8-9,11-12,14-15,17H,6-7,10,13H2,1-2H3,(H,21,24). The molecule has 132 valence electrons. The lowest BCUT2D eigenvalue weighted by Gasteiger charge is -2.34. The zero-order valence-electron chi connectivity index (χ0n) is 14.8. The van der Waals surface area contributed by atoms with Crippen molar-refractivity contribution in [3.63, 3.8) is 0 Å². The number of hydrogen-bond donors (Lipinski definition) is 1. The van der Waals surface area contributed by atoms with Gasteiger partial charge in [-0.15, -0.1) is 0 Å². The lowest BCUT2D eigenvalue weighted by atomic mass is 9.78. The van der Waals surface area contributed by atoms with Crippen molar-refractivity contribution in [3.8, 4) is 11.3 Å². The van der Waals surface area contributed by atoms with Crippen molar-refractivity contribution in [1.29, 1.82) is 0 Å². The number of hydrogen-bond acceptors (Lipinski definition) is 3. The van der Waals surface area contributed by atoms with Gasteiger partial charge in [0.15, 0.2) is 0 Å². The predicted octanol–water partition coefficient (Wildman–Crippen LogP) is 2.85. The van der Waals surface area contributed by atoms with Crippen LogP contribution in [0.5, 0.6) is 0 Å². The second-order valence-corrected chi connectivity index (χ2v) is 7.02. The summed E-state index contributed by atoms with van der Waals surface area (Å²) in [5.74, 6) is 0.921. The second-order valence-electron chi connectivity index (χ2n) is 7.02. The van der Waals surface area contributed by atoms with Crippen LogP contribution in [0.3, 0.4) is 0 Å². The smallest absolute Gasteiger partial charge is 0.267 e. The minimum absolute atomic E-state index is 0.0445. The van der Waals surface area contributed by atoms with E-state index in [1.165, 1.54) is 17.2 Å². The monoisotopic (exact) mass is 339 g/mol. The van der Waals surface area contributed by atoms with Crippen LogP contribution >= 0.6 is 0 Å². The number of amides is 1. The molecule has 3 atom stereocenters. The van der Waals surface area contributed by atoms with E-state index in [4.69, 9.17) is 0 Å². The van der Waals surface area contributed by atoms with Gasteiger partial charge in [-0.05, 0) is 24.3 Å². The van der Waals surface area contributed by atoms with Crippen LogP contribution in [-0.4, -0.2) is 21.7 Å². The fraction of sp³-hybridized carbons (Fsp3) is 0.450. The maximum absolute atomic E-state index is 12.4. The number of nitrogens with zero attached hydrogens (tertiary/aromatic N) is 2. The molecule has 1 aromatic heterocycles. The van der Waals surface area contributed by atoms with Crippen LogP contribution in [0.25, 0.3) is 11.3 Å². The van der Waals surface area contributed by atoms with E-state index in [2.05, 4.69) is 24.3 Å². The van der Waals surface area contributed by atoms with Gasteiger partial charge in [0.1, 0.15) is 6.54 Å². The quantitative estimate of drug-likeness (QED) is 0.931. The van der Waals surface area contributed by atoms with Gasteiger partial charge in [-0.25, -0.2) is 4.68 Å². The molecule has 3 rings (SSSR count). The normalized spacial score (nSPS) is 23.2. The average Bonchev–Trinajstić information content (AvgIpc) is 2.61. The molecule has 2 aromatic rings. The third kappa shape index (κ3) is 4.16. The minimum atomic E-state index is -0.264. The highest BCUT2D eigenvalue weighted by molar-refractivity contribution is 5.76. The Morgan fingerprint density at radius 2 is 1.92 bits per heavy atom. The van der Waals surface area contributed by atoms with Gasteiger partial charge in [-0.1, -0.05) is 57.0 Å². The molecular weight excluding hydrogens is 314 g/mol. The topological polar surface area (TPSA) is 64.0 Å². The Hall–Kier alpha value is -2.43. The third-order valence-electron chi connectivity index (χ3n) is 5.28. The molecule has 5 heteroatoms. The van der Waals surface area contributed by atoms with Crippen molar-refractivity contribution in [1.82, 2.24) is 15.1 Å². The van der Waals surface area contributed by atoms with Crippen molar-refractivity contribution in [3.05, 3.63) is 52.8 Å². The maximum atomic E-state index is 12.4. The van der Waals surface area contributed by atoms with Crippen molar-refractivity contribution in [2.75, 3.05) is 0 Å². The molecule has 5 nitrogen and oxygen atoms in total. The van der Waals surface area contributed by atoms with E-state index in [1.54, 1.807) is 6.07 Å². The van der Waals surface area contributed by atoms with Gasteiger partial charge >= 0.3 is 0 Å². The molecule has 0 spiro atoms. The van der Waals surface area contributed by atoms with Gasteiger partial charge in [0.25, 0.3) is 5.56 Å². The molecule has 0 radical (unpaired) electrons. The van der Waals surface area contributed by atoms with Crippen molar-refractivity contribution >= 4 is 5.91 Å². The highest BCUT2D eigenvalue weighted by atomic mass is 16.2. The number of nitrogens with one attached hydrogen (secondary N) is 1. The van der Waals surface area contributed by atoms with Crippen molar-refractivity contribution in [2.24, 2.45) is 11.8 Å². The maximum Gasteiger partial charge on any atom is 0.267 e. The van der Waals surface area contributed by atoms with Gasteiger partial charge in [-0.3, -0.25) is 9.59 Å². The van der Waals surface area contributed by atoms with Crippen molar-refractivity contribution < 1.29 is 4.79 Å². The van der Waals surface area contributed by atoms with E-state index in [0.717, 1.165) is 18.4 Å². The highest BCUT2D eigenvalue weighted by Crippen LogP contribution is 2.29. The average molecular weight is 339 g/mol. The van der Waals surface area contributed by atoms with Gasteiger partial charge < -0.3 is 5.32 Å². The van der Waals surface area contributed by atoms with Gasteiger partial charge in [0.2, 0.25) is 5.91 Å². The number of rotatable bonds is 4. The van der Waals surface area contributed by atoms with Gasteiger partial charge in [-0.2, -0.15) is 5.10 Å². The van der Waals surface area contributed by atoms with E-state index >= 15 is 0 Å². The summed E-state index contributed by atoms with van der Waals surface area (Å²) in [6, 6.07) is 13.0. The molecule has 1 fully saturated rings. The largest absolute Gasteiger partial charge is 0.351 e. The third-order valence-corrected chi connectivity index (χ3v) is 5.28. The summed E-state index contributed by atoms with van der Waals surface area (Å²) in [5.41, 5.74) is 1.35. The SMILES string of the molecule is CC1CCCC(NC(=O)Cn2nc(-c3ccccc3)ccc2=O)C1C. The first-order chi connectivity index (χ1) is 12.0. The van der Waals surface area contributed by atoms with Crippen molar-refractivity contribution in [2.45, 2.75) is 45.7 Å². The van der Waals surface area contributed by atoms with Crippen LogP contribution in [0.4, 0.5) is 0 Å². The first-order valence-electron chi connectivity index (χ1n) is 8.97. The summed E-state index contributed by atoms with van der Waals surface area (Å²) in [7, 11) is 0. The Balaban J connectivity index is 1.72. The summed E-state index contributed by atoms with van der Waals surface area (Å²) in [6.45, 7) is 4.38. The van der Waals surface area contributed by atoms with E-state index < -0.39 is 0 Å². The lowest BCUT2D eigenvalue weighted by molar-refractivity contribution is -0.123. The van der Waals surface area contributed by atoms with Crippen LogP contribution in [0.15, 0.2) is 47.3 Å². The predicted molar refractivity (Wildman–Crippen MR) is 98.0 cm³/mol. The Kier molecular flexibility index (Phi) is 5.31. The molecular formula is C20H25N3O2. The molecule has 25 heavy (non-hydrogen) atoms. The van der Waals surface area contributed by atoms with Crippen LogP contribution in [0, 0.1) is 11.8 Å². The summed E-state index contributed by atoms with van der Waals surface area (Å²) in [4.78, 5) is 24.5. The summed E-state index contributed by atoms with van der Waals surface area (Å²) in [6.07, 6.45) is 3.36. The van der Waals surface area contributed by atoms with E-state index in [9.17, 15) is 9.59 Å². The number of carbonyl (C=O) groups is 1. The summed E-state index contributed by atoms with van der Waals surface area (Å²) < 4.78 is 1.24. The Morgan fingerprint density at radius 1 is 1.16 bits per heavy atom. The zero-order chi connectivity index (χ0) is 17.8. The summed E-state index contributed by atoms with van der Waals surface area (Å²) in [5, 5.41) is 7.45. The molecule has 1 aromatic carbocycles. The first-order valence-corrected chi connectivity index (χ1v) is 8.97. The van der Waals surface area contributed by atoms with Gasteiger partial charge in [0, 0.05) is 17.7 Å². The van der Waals surface area contributed by atoms with Crippen LogP contribution < -0.4 is 10.9 Å². The van der Waals surface area contributed by atoms with Crippen LogP contribution in [0.2, 0.25) is 0 Å². The molecule has 1 saturated carbocycles. The molecule has 0 saturated heterocycles. The fourth-order valence-corrected chi connectivity index (χ4v) is 3.50. The number of carbonyl (C=O) groups excluding carboxylic acids is 1. The molecule has 1 amide bonds. The molecule has 1 N–H and O–H groups in total. The molecule has 1 aliphatic carbocycles. The molecule has 3 unspecified atom stereocenters. The molecule has 0 bridgehead atoms. The minimum Gasteiger partial charge on any atom is -0.351 e. The lowest BCUT2D eigenvalue weighted by Crippen LogP contribution is -2.45. The Bertz CT molecular complexity index is 785. The van der Waals surface area contributed by atoms with Crippen LogP contribution in [0.1, 0.15) is 33.1 Å². The number of benzene rings is 1. The van der Waals surface area contributed by atoms with E-state index in [0.29, 0.717) is 17.5 Å². The fourth-order valence-electron chi connectivity index (χ4n) is 3.50. The Labute approximate surface area is 148 Å². The van der Waals surface area contributed by atoms with E-state index in [-0.39, 0.29) is 24.1 Å². The first kappa shape index (κ1) is 17.4. The van der Waals surface area contributed by atoms with Gasteiger partial charge in [0.05, 0.1) is 5.69 Å². The molecule has 1 heterocycles. The highest BCUT2D eigenvalue weighted by Gasteiger charge is 2.28.